The highest BCUT2D eigenvalue weighted by Gasteiger charge is 2.47. The molecule has 0 aliphatic carbocycles. The van der Waals surface area contributed by atoms with Crippen LogP contribution in [0.4, 0.5) is 23.8 Å². The molecule has 1 unspecified atom stereocenters. The molecular weight excluding hydrogens is 585 g/mol. The molecule has 1 aliphatic rings. The Labute approximate surface area is 248 Å². The molecule has 43 heavy (non-hydrogen) atoms. The number of carbonyl (C=O) groups is 3. The maximum absolute atomic E-state index is 13.9. The molecule has 9 nitrogen and oxygen atoms in total. The highest BCUT2D eigenvalue weighted by Crippen LogP contribution is 2.31. The average Bonchev–Trinajstić information content (AvgIpc) is 2.99. The van der Waals surface area contributed by atoms with Gasteiger partial charge in [-0.3, -0.25) is 0 Å². The van der Waals surface area contributed by atoms with Gasteiger partial charge in [-0.15, -0.1) is 0 Å². The number of hydrogen-bond donors (Lipinski definition) is 2. The monoisotopic (exact) mass is 607 g/mol. The van der Waals surface area contributed by atoms with E-state index in [0.29, 0.717) is 27.7 Å². The topological polar surface area (TPSA) is 108 Å². The normalized spacial score (nSPS) is 15.0. The molecule has 3 heterocycles. The van der Waals surface area contributed by atoms with Crippen LogP contribution in [0.15, 0.2) is 96.4 Å². The Morgan fingerprint density at radius 1 is 1.02 bits per heavy atom. The molecule has 0 saturated heterocycles. The van der Waals surface area contributed by atoms with Gasteiger partial charge in [0.2, 0.25) is 0 Å². The predicted molar refractivity (Wildman–Crippen MR) is 153 cm³/mol. The first kappa shape index (κ1) is 29.4. The largest absolute Gasteiger partial charge is 0.405 e. The summed E-state index contributed by atoms with van der Waals surface area (Å²) in [6.45, 7) is -1.30. The van der Waals surface area contributed by atoms with Crippen molar-refractivity contribution < 1.29 is 32.1 Å². The number of rotatable bonds is 7. The molecule has 0 bridgehead atoms. The van der Waals surface area contributed by atoms with Crippen LogP contribution in [0.3, 0.4) is 0 Å². The molecule has 2 aromatic heterocycles. The van der Waals surface area contributed by atoms with Crippen molar-refractivity contribution in [1.82, 2.24) is 15.7 Å². The van der Waals surface area contributed by atoms with Gasteiger partial charge in [-0.2, -0.15) is 27.7 Å². The maximum Gasteiger partial charge on any atom is 0.405 e. The second kappa shape index (κ2) is 12.4. The van der Waals surface area contributed by atoms with Crippen molar-refractivity contribution in [3.05, 3.63) is 113 Å². The third-order valence-corrected chi connectivity index (χ3v) is 6.73. The first-order chi connectivity index (χ1) is 20.6. The minimum atomic E-state index is -4.54. The number of fused-ring (bicyclic) bond motifs is 1. The number of hydrogen-bond acceptors (Lipinski definition) is 5. The number of nitrogens with zero attached hydrogens (tertiary/aromatic N) is 4. The molecule has 1 aliphatic heterocycles. The summed E-state index contributed by atoms with van der Waals surface area (Å²) in [7, 11) is 0. The third kappa shape index (κ3) is 7.04. The van der Waals surface area contributed by atoms with E-state index >= 15 is 0 Å². The van der Waals surface area contributed by atoms with Gasteiger partial charge >= 0.3 is 24.0 Å². The van der Waals surface area contributed by atoms with Crippen LogP contribution >= 0.6 is 11.6 Å². The molecule has 13 heteroatoms. The van der Waals surface area contributed by atoms with Gasteiger partial charge in [0.25, 0.3) is 5.82 Å². The third-order valence-electron chi connectivity index (χ3n) is 6.51. The first-order valence-electron chi connectivity index (χ1n) is 12.9. The number of alkyl halides is 3. The number of hydrazone groups is 1. The number of aromatic nitrogens is 2. The summed E-state index contributed by atoms with van der Waals surface area (Å²) in [6.07, 6.45) is -0.0545. The zero-order valence-corrected chi connectivity index (χ0v) is 23.0. The number of urea groups is 1. The first-order valence-corrected chi connectivity index (χ1v) is 13.3. The van der Waals surface area contributed by atoms with Gasteiger partial charge in [-0.25, -0.2) is 24.8 Å². The minimum absolute atomic E-state index is 0.181. The van der Waals surface area contributed by atoms with Crippen molar-refractivity contribution in [2.45, 2.75) is 18.6 Å². The standard InChI is InChI=1S/C30H22ClF3N6O3/c31-24-11-10-20(15-35-24)17-40-25-9-1-2-12-39(25)27(41)26(28(40)42)23-8-4-7-22(14-23)21-6-3-5-19(13-21)16-37-38-29(43)36-18-30(32,33)34/h1-16,26H,17-18H2,(H-,36,38,43)/p+1/b37-16+. The fraction of sp³-hybridized carbons (Fsp3) is 0.133. The van der Waals surface area contributed by atoms with Crippen LogP contribution in [0.2, 0.25) is 5.15 Å². The molecule has 3 amide bonds. The molecule has 0 spiro atoms. The van der Waals surface area contributed by atoms with Gasteiger partial charge in [-0.05, 0) is 46.5 Å². The maximum atomic E-state index is 13.9. The van der Waals surface area contributed by atoms with E-state index in [2.05, 4.69) is 10.1 Å². The van der Waals surface area contributed by atoms with Gasteiger partial charge in [0, 0.05) is 17.8 Å². The van der Waals surface area contributed by atoms with Crippen molar-refractivity contribution in [1.29, 1.82) is 0 Å². The average molecular weight is 608 g/mol. The Morgan fingerprint density at radius 3 is 2.53 bits per heavy atom. The summed E-state index contributed by atoms with van der Waals surface area (Å²) in [5.74, 6) is -1.45. The van der Waals surface area contributed by atoms with Crippen molar-refractivity contribution in [2.24, 2.45) is 5.10 Å². The van der Waals surface area contributed by atoms with Crippen LogP contribution in [0, 0.1) is 0 Å². The van der Waals surface area contributed by atoms with E-state index < -0.39 is 24.7 Å². The highest BCUT2D eigenvalue weighted by atomic mass is 35.5. The smallest absolute Gasteiger partial charge is 0.328 e. The Bertz CT molecular complexity index is 1710. The van der Waals surface area contributed by atoms with E-state index in [4.69, 9.17) is 11.6 Å². The lowest BCUT2D eigenvalue weighted by atomic mass is 9.91. The lowest BCUT2D eigenvalue weighted by Crippen LogP contribution is -2.59. The van der Waals surface area contributed by atoms with E-state index in [1.165, 1.54) is 10.8 Å². The summed E-state index contributed by atoms with van der Waals surface area (Å²) in [4.78, 5) is 44.6. The van der Waals surface area contributed by atoms with E-state index in [1.807, 2.05) is 17.6 Å². The van der Waals surface area contributed by atoms with Crippen molar-refractivity contribution in [3.8, 4) is 11.1 Å². The molecule has 0 radical (unpaired) electrons. The number of halogens is 4. The number of pyridine rings is 2. The van der Waals surface area contributed by atoms with E-state index in [-0.39, 0.29) is 18.4 Å². The molecule has 0 saturated carbocycles. The van der Waals surface area contributed by atoms with Gasteiger partial charge in [0.15, 0.2) is 5.92 Å². The molecule has 218 valence electrons. The van der Waals surface area contributed by atoms with Crippen molar-refractivity contribution in [2.75, 3.05) is 11.4 Å². The number of nitrogens with one attached hydrogen (secondary N) is 2. The van der Waals surface area contributed by atoms with E-state index in [9.17, 15) is 27.6 Å². The molecule has 1 atom stereocenters. The number of carbonyl (C=O) groups excluding carboxylic acids is 3. The van der Waals surface area contributed by atoms with Crippen LogP contribution in [0.25, 0.3) is 11.1 Å². The summed E-state index contributed by atoms with van der Waals surface area (Å²) in [5.41, 5.74) is 5.20. The molecule has 2 N–H and O–H groups in total. The van der Waals surface area contributed by atoms with E-state index in [0.717, 1.165) is 11.1 Å². The number of amides is 3. The Morgan fingerprint density at radius 2 is 1.79 bits per heavy atom. The second-order valence-corrected chi connectivity index (χ2v) is 9.92. The van der Waals surface area contributed by atoms with Gasteiger partial charge in [-0.1, -0.05) is 60.1 Å². The van der Waals surface area contributed by atoms with Crippen LogP contribution in [0.1, 0.15) is 27.4 Å². The summed E-state index contributed by atoms with van der Waals surface area (Å²) >= 11 is 5.92. The quantitative estimate of drug-likeness (QED) is 0.103. The Kier molecular flexibility index (Phi) is 8.48. The Hall–Kier alpha value is -5.10. The van der Waals surface area contributed by atoms with E-state index in [1.54, 1.807) is 89.3 Å². The number of anilines is 1. The fourth-order valence-corrected chi connectivity index (χ4v) is 4.67. The van der Waals surface area contributed by atoms with Crippen molar-refractivity contribution in [3.63, 3.8) is 0 Å². The molecular formula is C30H23ClF3N6O3+. The SMILES string of the molecule is O=C(NCC(F)(F)F)N/N=C/c1cccc(-c2cccc(C3C(=O)N(Cc4ccc(Cl)nc4)c4cccc[n+]4C3=O)c2)c1. The zero-order chi connectivity index (χ0) is 30.6. The zero-order valence-electron chi connectivity index (χ0n) is 22.3. The molecule has 2 aromatic carbocycles. The fourth-order valence-electron chi connectivity index (χ4n) is 4.56. The van der Waals surface area contributed by atoms with Crippen LogP contribution in [-0.2, 0) is 11.3 Å². The second-order valence-electron chi connectivity index (χ2n) is 9.53. The van der Waals surface area contributed by atoms with Gasteiger partial charge in [0.05, 0.1) is 12.4 Å². The Balaban J connectivity index is 1.39. The molecule has 5 rings (SSSR count). The van der Waals surface area contributed by atoms with Crippen molar-refractivity contribution >= 4 is 41.5 Å². The summed E-state index contributed by atoms with van der Waals surface area (Å²) < 4.78 is 38.2. The molecule has 0 fully saturated rings. The lowest BCUT2D eigenvalue weighted by Gasteiger charge is -2.26. The summed E-state index contributed by atoms with van der Waals surface area (Å²) in [6, 6.07) is 21.5. The minimum Gasteiger partial charge on any atom is -0.328 e. The van der Waals surface area contributed by atoms with Gasteiger partial charge in [0.1, 0.15) is 18.2 Å². The lowest BCUT2D eigenvalue weighted by molar-refractivity contribution is -0.563. The predicted octanol–water partition coefficient (Wildman–Crippen LogP) is 4.86. The number of benzene rings is 2. The summed E-state index contributed by atoms with van der Waals surface area (Å²) in [5, 5.41) is 5.68. The van der Waals surface area contributed by atoms with Crippen LogP contribution in [-0.4, -0.2) is 41.8 Å². The van der Waals surface area contributed by atoms with Gasteiger partial charge < -0.3 is 5.32 Å². The van der Waals surface area contributed by atoms with Crippen LogP contribution < -0.4 is 20.2 Å². The molecule has 4 aromatic rings. The highest BCUT2D eigenvalue weighted by molar-refractivity contribution is 6.29. The van der Waals surface area contributed by atoms with Crippen LogP contribution in [0.5, 0.6) is 0 Å².